The number of ketones is 2. The zero-order chi connectivity index (χ0) is 11.0. The molecule has 0 aliphatic rings. The van der Waals surface area contributed by atoms with Gasteiger partial charge in [0, 0.05) is 18.2 Å². The van der Waals surface area contributed by atoms with Crippen molar-refractivity contribution in [2.24, 2.45) is 4.99 Å². The number of Topliss-reactive ketones (excluding diaryl/α,β-unsaturated/α-hetero) is 2. The molecule has 0 N–H and O–H groups in total. The predicted octanol–water partition coefficient (Wildman–Crippen LogP) is 1.74. The summed E-state index contributed by atoms with van der Waals surface area (Å²) in [6.45, 7) is 6.92. The van der Waals surface area contributed by atoms with Crippen molar-refractivity contribution >= 4 is 17.8 Å². The van der Waals surface area contributed by atoms with Crippen molar-refractivity contribution in [2.75, 3.05) is 6.54 Å². The lowest BCUT2D eigenvalue weighted by atomic mass is 10.2. The quantitative estimate of drug-likeness (QED) is 0.366. The summed E-state index contributed by atoms with van der Waals surface area (Å²) in [5, 5.41) is 0. The fraction of sp³-hybridized carbons (Fsp3) is 0.364. The molecule has 0 amide bonds. The molecule has 0 aliphatic heterocycles. The Morgan fingerprint density at radius 1 is 1.43 bits per heavy atom. The zero-order valence-corrected chi connectivity index (χ0v) is 8.62. The summed E-state index contributed by atoms with van der Waals surface area (Å²) < 4.78 is 0. The van der Waals surface area contributed by atoms with Crippen LogP contribution in [0.2, 0.25) is 0 Å². The number of nitrogens with zero attached hydrogens (tertiary/aromatic N) is 1. The molecule has 0 fully saturated rings. The third kappa shape index (κ3) is 5.19. The molecule has 76 valence electrons. The molecule has 0 unspecified atom stereocenters. The fourth-order valence-electron chi connectivity index (χ4n) is 0.728. The minimum absolute atomic E-state index is 0.0618. The summed E-state index contributed by atoms with van der Waals surface area (Å²) in [6, 6.07) is 0. The van der Waals surface area contributed by atoms with E-state index in [0.717, 1.165) is 0 Å². The Hall–Kier alpha value is -1.51. The molecular weight excluding hydrogens is 178 g/mol. The first-order chi connectivity index (χ1) is 6.61. The molecule has 0 aromatic heterocycles. The summed E-state index contributed by atoms with van der Waals surface area (Å²) in [5.74, 6) is 0.0193. The molecule has 0 aromatic rings. The average molecular weight is 193 g/mol. The van der Waals surface area contributed by atoms with E-state index in [9.17, 15) is 9.59 Å². The molecule has 0 spiro atoms. The molecule has 3 heteroatoms. The van der Waals surface area contributed by atoms with Gasteiger partial charge in [-0.2, -0.15) is 0 Å². The van der Waals surface area contributed by atoms with Gasteiger partial charge in [-0.3, -0.25) is 14.6 Å². The molecule has 0 aromatic carbocycles. The molecule has 0 radical (unpaired) electrons. The molecular formula is C11H15NO2. The van der Waals surface area contributed by atoms with E-state index >= 15 is 0 Å². The third-order valence-electron chi connectivity index (χ3n) is 1.65. The van der Waals surface area contributed by atoms with Gasteiger partial charge in [-0.25, -0.2) is 0 Å². The predicted molar refractivity (Wildman–Crippen MR) is 57.6 cm³/mol. The fourth-order valence-corrected chi connectivity index (χ4v) is 0.728. The van der Waals surface area contributed by atoms with Gasteiger partial charge in [0.25, 0.3) is 0 Å². The van der Waals surface area contributed by atoms with Gasteiger partial charge in [-0.15, -0.1) is 0 Å². The molecule has 0 atom stereocenters. The van der Waals surface area contributed by atoms with Crippen LogP contribution in [0.3, 0.4) is 0 Å². The van der Waals surface area contributed by atoms with Gasteiger partial charge >= 0.3 is 0 Å². The van der Waals surface area contributed by atoms with E-state index in [2.05, 4.69) is 11.6 Å². The van der Waals surface area contributed by atoms with Crippen LogP contribution in [0, 0.1) is 0 Å². The Morgan fingerprint density at radius 3 is 2.50 bits per heavy atom. The Balaban J connectivity index is 4.18. The maximum absolute atomic E-state index is 10.9. The van der Waals surface area contributed by atoms with Crippen LogP contribution in [0.25, 0.3) is 0 Å². The van der Waals surface area contributed by atoms with E-state index in [1.54, 1.807) is 13.0 Å². The molecule has 0 rings (SSSR count). The van der Waals surface area contributed by atoms with Crippen molar-refractivity contribution in [3.8, 4) is 0 Å². The first kappa shape index (κ1) is 12.5. The number of rotatable bonds is 6. The van der Waals surface area contributed by atoms with E-state index in [1.807, 2.05) is 0 Å². The standard InChI is InChI=1S/C11H15NO2/c1-4-10(9(3)13)6-7-12-8-11(14)5-2/h4,6-7H,1,5,8H2,2-3H3/b10-6+,12-7+. The van der Waals surface area contributed by atoms with Crippen LogP contribution >= 0.6 is 0 Å². The number of aliphatic imine (C=N–C) groups is 1. The lowest BCUT2D eigenvalue weighted by molar-refractivity contribution is -0.117. The number of allylic oxidation sites excluding steroid dienone is 3. The molecule has 0 saturated carbocycles. The summed E-state index contributed by atoms with van der Waals surface area (Å²) in [5.41, 5.74) is 0.498. The van der Waals surface area contributed by atoms with Gasteiger partial charge in [-0.1, -0.05) is 19.6 Å². The first-order valence-electron chi connectivity index (χ1n) is 4.47. The molecule has 14 heavy (non-hydrogen) atoms. The number of carbonyl (C=O) groups excluding carboxylic acids is 2. The highest BCUT2D eigenvalue weighted by Gasteiger charge is 1.96. The minimum atomic E-state index is -0.0618. The largest absolute Gasteiger partial charge is 0.298 e. The van der Waals surface area contributed by atoms with Gasteiger partial charge in [0.2, 0.25) is 0 Å². The average Bonchev–Trinajstić information content (AvgIpc) is 2.16. The normalized spacial score (nSPS) is 11.7. The maximum atomic E-state index is 10.9. The Labute approximate surface area is 84.2 Å². The number of hydrogen-bond donors (Lipinski definition) is 0. The third-order valence-corrected chi connectivity index (χ3v) is 1.65. The number of carbonyl (C=O) groups is 2. The highest BCUT2D eigenvalue weighted by molar-refractivity contribution is 5.99. The maximum Gasteiger partial charge on any atom is 0.159 e. The molecule has 3 nitrogen and oxygen atoms in total. The smallest absolute Gasteiger partial charge is 0.159 e. The summed E-state index contributed by atoms with van der Waals surface area (Å²) in [4.78, 5) is 25.6. The highest BCUT2D eigenvalue weighted by atomic mass is 16.1. The molecule has 0 aliphatic carbocycles. The van der Waals surface area contributed by atoms with E-state index < -0.39 is 0 Å². The van der Waals surface area contributed by atoms with Crippen LogP contribution in [0.15, 0.2) is 29.3 Å². The van der Waals surface area contributed by atoms with Crippen LogP contribution in [-0.2, 0) is 9.59 Å². The Bertz CT molecular complexity index is 288. The van der Waals surface area contributed by atoms with Crippen molar-refractivity contribution in [3.05, 3.63) is 24.3 Å². The van der Waals surface area contributed by atoms with Crippen LogP contribution in [0.4, 0.5) is 0 Å². The van der Waals surface area contributed by atoms with E-state index in [0.29, 0.717) is 12.0 Å². The summed E-state index contributed by atoms with van der Waals surface area (Å²) in [6.07, 6.45) is 4.97. The minimum Gasteiger partial charge on any atom is -0.298 e. The summed E-state index contributed by atoms with van der Waals surface area (Å²) in [7, 11) is 0. The zero-order valence-electron chi connectivity index (χ0n) is 8.62. The van der Waals surface area contributed by atoms with Crippen molar-refractivity contribution in [2.45, 2.75) is 20.3 Å². The second kappa shape index (κ2) is 6.95. The van der Waals surface area contributed by atoms with E-state index in [4.69, 9.17) is 0 Å². The lowest BCUT2D eigenvalue weighted by Gasteiger charge is -1.91. The van der Waals surface area contributed by atoms with Crippen molar-refractivity contribution in [1.82, 2.24) is 0 Å². The first-order valence-corrected chi connectivity index (χ1v) is 4.47. The monoisotopic (exact) mass is 193 g/mol. The second-order valence-electron chi connectivity index (χ2n) is 2.76. The van der Waals surface area contributed by atoms with Gasteiger partial charge in [-0.05, 0) is 13.0 Å². The molecule has 0 saturated heterocycles. The molecule has 0 bridgehead atoms. The van der Waals surface area contributed by atoms with Crippen LogP contribution in [-0.4, -0.2) is 24.3 Å². The summed E-state index contributed by atoms with van der Waals surface area (Å²) >= 11 is 0. The topological polar surface area (TPSA) is 46.5 Å². The van der Waals surface area contributed by atoms with Crippen LogP contribution < -0.4 is 0 Å². The van der Waals surface area contributed by atoms with Gasteiger partial charge < -0.3 is 0 Å². The Morgan fingerprint density at radius 2 is 2.07 bits per heavy atom. The highest BCUT2D eigenvalue weighted by Crippen LogP contribution is 1.95. The van der Waals surface area contributed by atoms with Crippen molar-refractivity contribution in [1.29, 1.82) is 0 Å². The Kier molecular flexibility index (Phi) is 6.20. The van der Waals surface area contributed by atoms with Gasteiger partial charge in [0.05, 0.1) is 6.54 Å². The molecule has 0 heterocycles. The van der Waals surface area contributed by atoms with E-state index in [1.165, 1.54) is 19.2 Å². The second-order valence-corrected chi connectivity index (χ2v) is 2.76. The van der Waals surface area contributed by atoms with Crippen LogP contribution in [0.5, 0.6) is 0 Å². The van der Waals surface area contributed by atoms with Gasteiger partial charge in [0.15, 0.2) is 11.6 Å². The van der Waals surface area contributed by atoms with Crippen molar-refractivity contribution in [3.63, 3.8) is 0 Å². The van der Waals surface area contributed by atoms with Crippen molar-refractivity contribution < 1.29 is 9.59 Å². The van der Waals surface area contributed by atoms with E-state index in [-0.39, 0.29) is 18.1 Å². The SMILES string of the molecule is C=C/C(=C\C=N\CC(=O)CC)C(C)=O. The lowest BCUT2D eigenvalue weighted by Crippen LogP contribution is -1.99. The van der Waals surface area contributed by atoms with Gasteiger partial charge in [0.1, 0.15) is 0 Å². The van der Waals surface area contributed by atoms with Crippen LogP contribution in [0.1, 0.15) is 20.3 Å². The number of hydrogen-bond acceptors (Lipinski definition) is 3.